The standard InChI is InChI=1S/C30H30F5N3O2/c1-17-11-21(16-29(2,3)15-17)38-26-10-5-18(19-12-23(31)27(39-4)24(32)13-19)14-25(26)37-28(38)36-20-6-8-22(9-7-20)40-30(33,34)35/h5-10,12-14,17,21H,11,15-16H2,1-4H3,(H,36,37)/t17-,21+/m0/s1. The number of rotatable bonds is 6. The minimum absolute atomic E-state index is 0.102. The summed E-state index contributed by atoms with van der Waals surface area (Å²) in [5, 5.41) is 3.26. The molecule has 1 fully saturated rings. The maximum Gasteiger partial charge on any atom is 0.573 e. The second-order valence-corrected chi connectivity index (χ2v) is 11.2. The van der Waals surface area contributed by atoms with Crippen LogP contribution in [-0.4, -0.2) is 23.0 Å². The van der Waals surface area contributed by atoms with Gasteiger partial charge >= 0.3 is 6.36 Å². The van der Waals surface area contributed by atoms with E-state index in [0.717, 1.165) is 24.8 Å². The molecule has 212 valence electrons. The fourth-order valence-electron chi connectivity index (χ4n) is 6.02. The number of benzene rings is 3. The first-order valence-electron chi connectivity index (χ1n) is 13.0. The lowest BCUT2D eigenvalue weighted by atomic mass is 9.70. The molecule has 0 saturated heterocycles. The van der Waals surface area contributed by atoms with E-state index < -0.39 is 23.7 Å². The quantitative estimate of drug-likeness (QED) is 0.240. The maximum atomic E-state index is 14.4. The molecular formula is C30H30F5N3O2. The van der Waals surface area contributed by atoms with E-state index in [4.69, 9.17) is 9.72 Å². The predicted molar refractivity (Wildman–Crippen MR) is 144 cm³/mol. The molecule has 5 nitrogen and oxygen atoms in total. The predicted octanol–water partition coefficient (Wildman–Crippen LogP) is 9.02. The molecule has 2 atom stereocenters. The van der Waals surface area contributed by atoms with Gasteiger partial charge in [-0.25, -0.2) is 13.8 Å². The van der Waals surface area contributed by atoms with Crippen molar-refractivity contribution in [2.45, 2.75) is 52.4 Å². The molecule has 1 aliphatic carbocycles. The number of fused-ring (bicyclic) bond motifs is 1. The highest BCUT2D eigenvalue weighted by atomic mass is 19.4. The van der Waals surface area contributed by atoms with Gasteiger partial charge in [-0.05, 0) is 90.3 Å². The molecule has 0 spiro atoms. The summed E-state index contributed by atoms with van der Waals surface area (Å²) in [6, 6.07) is 13.5. The molecule has 0 amide bonds. The molecule has 0 bridgehead atoms. The zero-order chi connectivity index (χ0) is 28.8. The van der Waals surface area contributed by atoms with Crippen molar-refractivity contribution in [3.8, 4) is 22.6 Å². The minimum Gasteiger partial charge on any atom is -0.491 e. The van der Waals surface area contributed by atoms with Gasteiger partial charge in [-0.2, -0.15) is 0 Å². The Balaban J connectivity index is 1.56. The van der Waals surface area contributed by atoms with E-state index in [1.807, 2.05) is 6.07 Å². The summed E-state index contributed by atoms with van der Waals surface area (Å²) in [6.07, 6.45) is -1.84. The molecule has 5 rings (SSSR count). The number of methoxy groups -OCH3 is 1. The number of halogens is 5. The lowest BCUT2D eigenvalue weighted by Crippen LogP contribution is -2.29. The van der Waals surface area contributed by atoms with Crippen LogP contribution in [0.4, 0.5) is 33.6 Å². The van der Waals surface area contributed by atoms with Crippen LogP contribution in [0.5, 0.6) is 11.5 Å². The number of aromatic nitrogens is 2. The van der Waals surface area contributed by atoms with E-state index in [0.29, 0.717) is 34.2 Å². The SMILES string of the molecule is COc1c(F)cc(-c2ccc3c(c2)nc(Nc2ccc(OC(F)(F)F)cc2)n3[C@@H]2C[C@H](C)CC(C)(C)C2)cc1F. The van der Waals surface area contributed by atoms with Crippen LogP contribution in [0.15, 0.2) is 54.6 Å². The van der Waals surface area contributed by atoms with E-state index >= 15 is 0 Å². The summed E-state index contributed by atoms with van der Waals surface area (Å²) in [5.74, 6) is -1.37. The van der Waals surface area contributed by atoms with Gasteiger partial charge in [-0.1, -0.05) is 26.8 Å². The average Bonchev–Trinajstić information content (AvgIpc) is 3.20. The summed E-state index contributed by atoms with van der Waals surface area (Å²) < 4.78 is 77.6. The van der Waals surface area contributed by atoms with Gasteiger partial charge in [0.05, 0.1) is 18.1 Å². The molecule has 1 aromatic heterocycles. The van der Waals surface area contributed by atoms with Gasteiger partial charge in [-0.3, -0.25) is 0 Å². The van der Waals surface area contributed by atoms with Crippen LogP contribution in [0.25, 0.3) is 22.2 Å². The molecule has 10 heteroatoms. The van der Waals surface area contributed by atoms with Gasteiger partial charge in [0.1, 0.15) is 5.75 Å². The van der Waals surface area contributed by atoms with E-state index in [2.05, 4.69) is 35.4 Å². The second kappa shape index (κ2) is 10.3. The molecule has 1 heterocycles. The van der Waals surface area contributed by atoms with Gasteiger partial charge < -0.3 is 19.4 Å². The average molecular weight is 560 g/mol. The Bertz CT molecular complexity index is 1510. The van der Waals surface area contributed by atoms with Crippen LogP contribution in [0, 0.1) is 23.0 Å². The van der Waals surface area contributed by atoms with E-state index in [1.165, 1.54) is 43.5 Å². The zero-order valence-electron chi connectivity index (χ0n) is 22.6. The number of hydrogen-bond donors (Lipinski definition) is 1. The number of alkyl halides is 3. The van der Waals surface area contributed by atoms with Crippen molar-refractivity contribution >= 4 is 22.7 Å². The molecule has 1 saturated carbocycles. The van der Waals surface area contributed by atoms with Gasteiger partial charge in [0.15, 0.2) is 17.4 Å². The first kappa shape index (κ1) is 27.7. The Kier molecular flexibility index (Phi) is 7.14. The van der Waals surface area contributed by atoms with Crippen LogP contribution >= 0.6 is 0 Å². The number of anilines is 2. The van der Waals surface area contributed by atoms with Gasteiger partial charge in [-0.15, -0.1) is 13.2 Å². The van der Waals surface area contributed by atoms with Crippen LogP contribution in [-0.2, 0) is 0 Å². The first-order valence-corrected chi connectivity index (χ1v) is 13.0. The smallest absolute Gasteiger partial charge is 0.491 e. The summed E-state index contributed by atoms with van der Waals surface area (Å²) in [7, 11) is 1.21. The molecular weight excluding hydrogens is 529 g/mol. The number of nitrogens with zero attached hydrogens (tertiary/aromatic N) is 2. The van der Waals surface area contributed by atoms with Crippen molar-refractivity contribution in [2.24, 2.45) is 11.3 Å². The Morgan fingerprint density at radius 2 is 1.62 bits per heavy atom. The summed E-state index contributed by atoms with van der Waals surface area (Å²) in [5.41, 5.74) is 3.01. The summed E-state index contributed by atoms with van der Waals surface area (Å²) >= 11 is 0. The van der Waals surface area contributed by atoms with Crippen LogP contribution in [0.3, 0.4) is 0 Å². The highest BCUT2D eigenvalue weighted by Crippen LogP contribution is 2.46. The number of hydrogen-bond acceptors (Lipinski definition) is 4. The Labute approximate surface area is 228 Å². The van der Waals surface area contributed by atoms with E-state index in [9.17, 15) is 22.0 Å². The zero-order valence-corrected chi connectivity index (χ0v) is 22.6. The topological polar surface area (TPSA) is 48.3 Å². The number of nitrogens with one attached hydrogen (secondary N) is 1. The summed E-state index contributed by atoms with van der Waals surface area (Å²) in [4.78, 5) is 4.83. The van der Waals surface area contributed by atoms with E-state index in [-0.39, 0.29) is 17.2 Å². The lowest BCUT2D eigenvalue weighted by Gasteiger charge is -2.40. The molecule has 40 heavy (non-hydrogen) atoms. The fraction of sp³-hybridized carbons (Fsp3) is 0.367. The first-order chi connectivity index (χ1) is 18.8. The van der Waals surface area contributed by atoms with E-state index in [1.54, 1.807) is 12.1 Å². The largest absolute Gasteiger partial charge is 0.573 e. The van der Waals surface area contributed by atoms with Gasteiger partial charge in [0.2, 0.25) is 5.95 Å². The van der Waals surface area contributed by atoms with Crippen molar-refractivity contribution in [1.82, 2.24) is 9.55 Å². The van der Waals surface area contributed by atoms with Crippen molar-refractivity contribution in [3.05, 3.63) is 66.2 Å². The maximum absolute atomic E-state index is 14.4. The summed E-state index contributed by atoms with van der Waals surface area (Å²) in [6.45, 7) is 6.71. The van der Waals surface area contributed by atoms with Gasteiger partial charge in [0.25, 0.3) is 0 Å². The third kappa shape index (κ3) is 5.85. The second-order valence-electron chi connectivity index (χ2n) is 11.2. The molecule has 1 aliphatic rings. The monoisotopic (exact) mass is 559 g/mol. The third-order valence-electron chi connectivity index (χ3n) is 7.30. The minimum atomic E-state index is -4.78. The molecule has 1 N–H and O–H groups in total. The van der Waals surface area contributed by atoms with Gasteiger partial charge in [0, 0.05) is 11.7 Å². The molecule has 0 aliphatic heterocycles. The third-order valence-corrected chi connectivity index (χ3v) is 7.30. The van der Waals surface area contributed by atoms with Crippen molar-refractivity contribution < 1.29 is 31.4 Å². The van der Waals surface area contributed by atoms with Crippen LogP contribution < -0.4 is 14.8 Å². The van der Waals surface area contributed by atoms with Crippen molar-refractivity contribution in [1.29, 1.82) is 0 Å². The highest BCUT2D eigenvalue weighted by molar-refractivity contribution is 5.85. The fourth-order valence-corrected chi connectivity index (χ4v) is 6.02. The lowest BCUT2D eigenvalue weighted by molar-refractivity contribution is -0.274. The number of imidazole rings is 1. The highest BCUT2D eigenvalue weighted by Gasteiger charge is 2.35. The van der Waals surface area contributed by atoms with Crippen LogP contribution in [0.1, 0.15) is 46.1 Å². The molecule has 3 aromatic carbocycles. The Morgan fingerprint density at radius 1 is 0.950 bits per heavy atom. The number of ether oxygens (including phenoxy) is 2. The molecule has 4 aromatic rings. The van der Waals surface area contributed by atoms with Crippen molar-refractivity contribution in [2.75, 3.05) is 12.4 Å². The molecule has 0 radical (unpaired) electrons. The molecule has 0 unspecified atom stereocenters. The van der Waals surface area contributed by atoms with Crippen molar-refractivity contribution in [3.63, 3.8) is 0 Å². The Morgan fingerprint density at radius 3 is 2.23 bits per heavy atom. The Hall–Kier alpha value is -3.82. The normalized spacial score (nSPS) is 19.0. The van der Waals surface area contributed by atoms with Crippen LogP contribution in [0.2, 0.25) is 0 Å².